The first-order chi connectivity index (χ1) is 11.4. The Morgan fingerprint density at radius 2 is 2.12 bits per heavy atom. The molecule has 0 saturated carbocycles. The van der Waals surface area contributed by atoms with Crippen molar-refractivity contribution < 1.29 is 0 Å². The molecule has 0 fully saturated rings. The van der Waals surface area contributed by atoms with Crippen LogP contribution in [0.3, 0.4) is 0 Å². The summed E-state index contributed by atoms with van der Waals surface area (Å²) < 4.78 is 1.51. The first-order valence-electron chi connectivity index (χ1n) is 7.99. The van der Waals surface area contributed by atoms with E-state index in [0.717, 1.165) is 17.8 Å². The number of nitrogens with zero attached hydrogens (tertiary/aromatic N) is 4. The zero-order valence-electron chi connectivity index (χ0n) is 14.4. The average Bonchev–Trinajstić information content (AvgIpc) is 2.90. The predicted molar refractivity (Wildman–Crippen MR) is 93.5 cm³/mol. The van der Waals surface area contributed by atoms with Gasteiger partial charge in [-0.3, -0.25) is 4.98 Å². The van der Waals surface area contributed by atoms with Crippen LogP contribution in [0.15, 0.2) is 29.3 Å². The van der Waals surface area contributed by atoms with E-state index in [-0.39, 0.29) is 11.1 Å². The fourth-order valence-corrected chi connectivity index (χ4v) is 2.49. The standard InChI is InChI=1S/C17H22N6O/c1-11-12(6-5-8-18-11)7-9-19-14-15-21-22-16(24)23(15)10-13(20-14)17(2,3)4/h5-6,8,10H,7,9H2,1-4H3,(H,19,20)(H,22,24). The van der Waals surface area contributed by atoms with E-state index in [0.29, 0.717) is 18.0 Å². The SMILES string of the molecule is Cc1ncccc1CCNc1nc(C(C)(C)C)cn2c(=O)[nH]nc12. The molecule has 3 aromatic rings. The average molecular weight is 326 g/mol. The molecule has 3 rings (SSSR count). The van der Waals surface area contributed by atoms with Gasteiger partial charge in [0.1, 0.15) is 0 Å². The van der Waals surface area contributed by atoms with Crippen molar-refractivity contribution in [2.45, 2.75) is 39.5 Å². The minimum atomic E-state index is -0.260. The van der Waals surface area contributed by atoms with Crippen LogP contribution in [-0.4, -0.2) is 31.1 Å². The number of H-pyrrole nitrogens is 1. The zero-order chi connectivity index (χ0) is 17.3. The Kier molecular flexibility index (Phi) is 4.09. The molecule has 0 aliphatic heterocycles. The van der Waals surface area contributed by atoms with Crippen molar-refractivity contribution in [1.29, 1.82) is 0 Å². The maximum absolute atomic E-state index is 11.9. The van der Waals surface area contributed by atoms with E-state index in [4.69, 9.17) is 0 Å². The first-order valence-corrected chi connectivity index (χ1v) is 7.99. The van der Waals surface area contributed by atoms with Gasteiger partial charge in [0.25, 0.3) is 0 Å². The molecule has 7 heteroatoms. The fraction of sp³-hybridized carbons (Fsp3) is 0.412. The fourth-order valence-electron chi connectivity index (χ4n) is 2.49. The third-order valence-electron chi connectivity index (χ3n) is 3.97. The summed E-state index contributed by atoms with van der Waals surface area (Å²) in [5, 5.41) is 9.86. The summed E-state index contributed by atoms with van der Waals surface area (Å²) in [5.41, 5.74) is 3.13. The van der Waals surface area contributed by atoms with Gasteiger partial charge in [0.05, 0.1) is 5.69 Å². The maximum atomic E-state index is 11.9. The molecule has 0 aromatic carbocycles. The smallest absolute Gasteiger partial charge is 0.347 e. The van der Waals surface area contributed by atoms with E-state index >= 15 is 0 Å². The first kappa shape index (κ1) is 16.2. The summed E-state index contributed by atoms with van der Waals surface area (Å²) in [6.45, 7) is 8.88. The van der Waals surface area contributed by atoms with Crippen molar-refractivity contribution in [3.05, 3.63) is 52.0 Å². The molecule has 24 heavy (non-hydrogen) atoms. The lowest BCUT2D eigenvalue weighted by Gasteiger charge is -2.19. The summed E-state index contributed by atoms with van der Waals surface area (Å²) in [4.78, 5) is 20.9. The van der Waals surface area contributed by atoms with Crippen LogP contribution in [0.2, 0.25) is 0 Å². The lowest BCUT2D eigenvalue weighted by atomic mass is 9.93. The molecular weight excluding hydrogens is 304 g/mol. The summed E-state index contributed by atoms with van der Waals surface area (Å²) in [5.74, 6) is 0.613. The Balaban J connectivity index is 1.88. The van der Waals surface area contributed by atoms with E-state index in [2.05, 4.69) is 52.3 Å². The molecule has 126 valence electrons. The van der Waals surface area contributed by atoms with Gasteiger partial charge in [0.15, 0.2) is 5.82 Å². The topological polar surface area (TPSA) is 88.0 Å². The van der Waals surface area contributed by atoms with Crippen LogP contribution in [0.4, 0.5) is 5.82 Å². The Morgan fingerprint density at radius 3 is 2.83 bits per heavy atom. The lowest BCUT2D eigenvalue weighted by Crippen LogP contribution is -2.20. The Bertz CT molecular complexity index is 919. The van der Waals surface area contributed by atoms with E-state index in [1.54, 1.807) is 12.4 Å². The molecule has 3 aromatic heterocycles. The highest BCUT2D eigenvalue weighted by molar-refractivity contribution is 5.62. The summed E-state index contributed by atoms with van der Waals surface area (Å²) in [6, 6.07) is 4.00. The molecule has 0 bridgehead atoms. The molecule has 0 aliphatic rings. The van der Waals surface area contributed by atoms with Crippen LogP contribution in [0.25, 0.3) is 5.65 Å². The largest absolute Gasteiger partial charge is 0.367 e. The van der Waals surface area contributed by atoms with E-state index in [9.17, 15) is 4.79 Å². The number of aryl methyl sites for hydroxylation is 1. The zero-order valence-corrected chi connectivity index (χ0v) is 14.4. The molecule has 2 N–H and O–H groups in total. The molecule has 0 unspecified atom stereocenters. The van der Waals surface area contributed by atoms with Crippen molar-refractivity contribution in [2.75, 3.05) is 11.9 Å². The van der Waals surface area contributed by atoms with Crippen LogP contribution in [0.1, 0.15) is 37.7 Å². The number of anilines is 1. The number of pyridine rings is 1. The van der Waals surface area contributed by atoms with Gasteiger partial charge in [0, 0.05) is 30.0 Å². The summed E-state index contributed by atoms with van der Waals surface area (Å²) in [7, 11) is 0. The third-order valence-corrected chi connectivity index (χ3v) is 3.97. The van der Waals surface area contributed by atoms with E-state index in [1.165, 1.54) is 9.96 Å². The second-order valence-corrected chi connectivity index (χ2v) is 6.87. The van der Waals surface area contributed by atoms with Gasteiger partial charge >= 0.3 is 5.69 Å². The number of hydrogen-bond acceptors (Lipinski definition) is 5. The molecule has 3 heterocycles. The quantitative estimate of drug-likeness (QED) is 0.766. The molecule has 0 spiro atoms. The summed E-state index contributed by atoms with van der Waals surface area (Å²) in [6.07, 6.45) is 4.36. The molecule has 7 nitrogen and oxygen atoms in total. The minimum Gasteiger partial charge on any atom is -0.367 e. The highest BCUT2D eigenvalue weighted by atomic mass is 16.1. The van der Waals surface area contributed by atoms with Crippen molar-refractivity contribution in [3.63, 3.8) is 0 Å². The number of rotatable bonds is 4. The van der Waals surface area contributed by atoms with Gasteiger partial charge in [-0.2, -0.15) is 0 Å². The molecule has 0 amide bonds. The third kappa shape index (κ3) is 3.15. The Morgan fingerprint density at radius 1 is 1.33 bits per heavy atom. The van der Waals surface area contributed by atoms with Crippen LogP contribution in [0, 0.1) is 6.92 Å². The second kappa shape index (κ2) is 6.07. The van der Waals surface area contributed by atoms with Gasteiger partial charge in [-0.05, 0) is 25.0 Å². The molecule has 0 radical (unpaired) electrons. The number of hydrogen-bond donors (Lipinski definition) is 2. The molecule has 0 saturated heterocycles. The Hall–Kier alpha value is -2.70. The van der Waals surface area contributed by atoms with Gasteiger partial charge in [0.2, 0.25) is 5.65 Å². The number of fused-ring (bicyclic) bond motifs is 1. The van der Waals surface area contributed by atoms with E-state index < -0.39 is 0 Å². The minimum absolute atomic E-state index is 0.165. The van der Waals surface area contributed by atoms with Crippen LogP contribution < -0.4 is 11.0 Å². The lowest BCUT2D eigenvalue weighted by molar-refractivity contribution is 0.565. The van der Waals surface area contributed by atoms with Crippen LogP contribution in [-0.2, 0) is 11.8 Å². The molecule has 0 atom stereocenters. The van der Waals surface area contributed by atoms with Crippen LogP contribution >= 0.6 is 0 Å². The van der Waals surface area contributed by atoms with Crippen LogP contribution in [0.5, 0.6) is 0 Å². The monoisotopic (exact) mass is 326 g/mol. The van der Waals surface area contributed by atoms with Crippen molar-refractivity contribution in [2.24, 2.45) is 0 Å². The molecule has 0 aliphatic carbocycles. The van der Waals surface area contributed by atoms with Gasteiger partial charge in [-0.1, -0.05) is 26.8 Å². The van der Waals surface area contributed by atoms with Gasteiger partial charge < -0.3 is 5.32 Å². The second-order valence-electron chi connectivity index (χ2n) is 6.87. The van der Waals surface area contributed by atoms with Crippen molar-refractivity contribution >= 4 is 11.5 Å². The number of aromatic amines is 1. The van der Waals surface area contributed by atoms with Gasteiger partial charge in [-0.15, -0.1) is 5.10 Å². The van der Waals surface area contributed by atoms with Gasteiger partial charge in [-0.25, -0.2) is 19.3 Å². The van der Waals surface area contributed by atoms with Crippen molar-refractivity contribution in [3.8, 4) is 0 Å². The summed E-state index contributed by atoms with van der Waals surface area (Å²) >= 11 is 0. The van der Waals surface area contributed by atoms with E-state index in [1.807, 2.05) is 13.0 Å². The predicted octanol–water partition coefficient (Wildman–Crippen LogP) is 2.07. The number of aromatic nitrogens is 5. The van der Waals surface area contributed by atoms with Crippen molar-refractivity contribution in [1.82, 2.24) is 24.6 Å². The normalized spacial score (nSPS) is 11.8. The number of nitrogens with one attached hydrogen (secondary N) is 2. The maximum Gasteiger partial charge on any atom is 0.347 e. The molecular formula is C17H22N6O. The highest BCUT2D eigenvalue weighted by Gasteiger charge is 2.19. The Labute approximate surface area is 140 Å². The highest BCUT2D eigenvalue weighted by Crippen LogP contribution is 2.22.